The largest absolute Gasteiger partial charge is 0.573 e. The molecule has 1 unspecified atom stereocenters. The van der Waals surface area contributed by atoms with Gasteiger partial charge in [0, 0.05) is 11.6 Å². The lowest BCUT2D eigenvalue weighted by Crippen LogP contribution is -2.69. The SMILES string of the molecule is COc1ccc2cc(C(=O)NC3C4CCN(CC4)C3(C)C)sc2c1OC(F)(F)F. The van der Waals surface area contributed by atoms with Crippen molar-refractivity contribution in [3.63, 3.8) is 0 Å². The summed E-state index contributed by atoms with van der Waals surface area (Å²) < 4.78 is 48.1. The van der Waals surface area contributed by atoms with E-state index in [0.29, 0.717) is 16.2 Å². The van der Waals surface area contributed by atoms with E-state index in [1.807, 2.05) is 0 Å². The van der Waals surface area contributed by atoms with E-state index < -0.39 is 12.1 Å². The Kier molecular flexibility index (Phi) is 4.93. The van der Waals surface area contributed by atoms with Crippen LogP contribution in [0.5, 0.6) is 11.5 Å². The fourth-order valence-electron chi connectivity index (χ4n) is 4.63. The molecular weight excluding hydrogens is 405 g/mol. The predicted octanol–water partition coefficient (Wildman–Crippen LogP) is 4.41. The van der Waals surface area contributed by atoms with Gasteiger partial charge in [0.15, 0.2) is 11.5 Å². The van der Waals surface area contributed by atoms with Gasteiger partial charge in [-0.15, -0.1) is 24.5 Å². The van der Waals surface area contributed by atoms with E-state index in [2.05, 4.69) is 28.8 Å². The van der Waals surface area contributed by atoms with Crippen molar-refractivity contribution in [1.29, 1.82) is 0 Å². The number of piperidine rings is 3. The molecule has 1 amide bonds. The van der Waals surface area contributed by atoms with Crippen molar-refractivity contribution in [1.82, 2.24) is 10.2 Å². The lowest BCUT2D eigenvalue weighted by Gasteiger charge is -2.56. The zero-order valence-corrected chi connectivity index (χ0v) is 17.2. The molecular formula is C20H23F3N2O3S. The first-order valence-corrected chi connectivity index (χ1v) is 10.3. The summed E-state index contributed by atoms with van der Waals surface area (Å²) in [7, 11) is 1.28. The highest BCUT2D eigenvalue weighted by atomic mass is 32.1. The molecule has 5 rings (SSSR count). The second-order valence-corrected chi connectivity index (χ2v) is 9.16. The lowest BCUT2D eigenvalue weighted by molar-refractivity contribution is -0.274. The van der Waals surface area contributed by atoms with Gasteiger partial charge in [0.25, 0.3) is 5.91 Å². The number of alkyl halides is 3. The average molecular weight is 428 g/mol. The lowest BCUT2D eigenvalue weighted by atomic mass is 9.72. The Balaban J connectivity index is 1.64. The number of benzene rings is 1. The number of ether oxygens (including phenoxy) is 2. The summed E-state index contributed by atoms with van der Waals surface area (Å²) in [5.41, 5.74) is -0.152. The van der Waals surface area contributed by atoms with Crippen LogP contribution in [0.1, 0.15) is 36.4 Å². The molecule has 29 heavy (non-hydrogen) atoms. The Morgan fingerprint density at radius 1 is 1.28 bits per heavy atom. The van der Waals surface area contributed by atoms with Crippen molar-refractivity contribution < 1.29 is 27.4 Å². The number of carbonyl (C=O) groups excluding carboxylic acids is 1. The minimum atomic E-state index is -4.85. The summed E-state index contributed by atoms with van der Waals surface area (Å²) in [5, 5.41) is 3.66. The quantitative estimate of drug-likeness (QED) is 0.784. The molecule has 1 atom stereocenters. The highest BCUT2D eigenvalue weighted by Crippen LogP contribution is 2.43. The Morgan fingerprint density at radius 2 is 1.97 bits per heavy atom. The number of nitrogens with zero attached hydrogens (tertiary/aromatic N) is 1. The van der Waals surface area contributed by atoms with Gasteiger partial charge in [-0.05, 0) is 69.3 Å². The number of carbonyl (C=O) groups is 1. The van der Waals surface area contributed by atoms with Crippen molar-refractivity contribution in [2.24, 2.45) is 5.92 Å². The molecule has 1 N–H and O–H groups in total. The van der Waals surface area contributed by atoms with Crippen LogP contribution in [0.4, 0.5) is 13.2 Å². The van der Waals surface area contributed by atoms with Gasteiger partial charge in [-0.2, -0.15) is 0 Å². The zero-order chi connectivity index (χ0) is 21.0. The molecule has 9 heteroatoms. The van der Waals surface area contributed by atoms with Gasteiger partial charge in [0.1, 0.15) is 0 Å². The minimum absolute atomic E-state index is 0.00291. The Morgan fingerprint density at radius 3 is 2.55 bits per heavy atom. The highest BCUT2D eigenvalue weighted by Gasteiger charge is 2.48. The Bertz CT molecular complexity index is 933. The van der Waals surface area contributed by atoms with Gasteiger partial charge in [-0.3, -0.25) is 9.69 Å². The second-order valence-electron chi connectivity index (χ2n) is 8.10. The van der Waals surface area contributed by atoms with E-state index in [1.165, 1.54) is 13.2 Å². The Hall–Kier alpha value is -2.00. The molecule has 0 saturated carbocycles. The van der Waals surface area contributed by atoms with Crippen molar-refractivity contribution in [3.05, 3.63) is 23.1 Å². The third kappa shape index (κ3) is 3.66. The van der Waals surface area contributed by atoms with Crippen LogP contribution in [-0.2, 0) is 0 Å². The first kappa shape index (κ1) is 20.3. The second kappa shape index (κ2) is 7.05. The number of hydrogen-bond acceptors (Lipinski definition) is 5. The van der Waals surface area contributed by atoms with Crippen molar-refractivity contribution in [3.8, 4) is 11.5 Å². The average Bonchev–Trinajstić information content (AvgIpc) is 3.09. The fourth-order valence-corrected chi connectivity index (χ4v) is 5.67. The first-order chi connectivity index (χ1) is 13.6. The predicted molar refractivity (Wildman–Crippen MR) is 105 cm³/mol. The monoisotopic (exact) mass is 428 g/mol. The summed E-state index contributed by atoms with van der Waals surface area (Å²) in [6, 6.07) is 4.65. The van der Waals surface area contributed by atoms with E-state index in [-0.39, 0.29) is 27.9 Å². The molecule has 0 radical (unpaired) electrons. The molecule has 3 aliphatic rings. The maximum Gasteiger partial charge on any atom is 0.573 e. The minimum Gasteiger partial charge on any atom is -0.493 e. The molecule has 2 bridgehead atoms. The van der Waals surface area contributed by atoms with Crippen molar-refractivity contribution in [2.75, 3.05) is 20.2 Å². The van der Waals surface area contributed by atoms with Crippen LogP contribution in [0, 0.1) is 5.92 Å². The smallest absolute Gasteiger partial charge is 0.493 e. The number of fused-ring (bicyclic) bond motifs is 4. The summed E-state index contributed by atoms with van der Waals surface area (Å²) in [6.07, 6.45) is -2.77. The van der Waals surface area contributed by atoms with Crippen LogP contribution in [0.2, 0.25) is 0 Å². The van der Waals surface area contributed by atoms with Gasteiger partial charge in [-0.25, -0.2) is 0 Å². The van der Waals surface area contributed by atoms with E-state index in [0.717, 1.165) is 37.3 Å². The molecule has 0 spiro atoms. The molecule has 5 nitrogen and oxygen atoms in total. The van der Waals surface area contributed by atoms with Crippen LogP contribution in [0.3, 0.4) is 0 Å². The molecule has 1 aromatic heterocycles. The number of amides is 1. The third-order valence-corrected chi connectivity index (χ3v) is 7.29. The molecule has 1 aromatic carbocycles. The number of methoxy groups -OCH3 is 1. The summed E-state index contributed by atoms with van der Waals surface area (Å²) in [6.45, 7) is 6.33. The first-order valence-electron chi connectivity index (χ1n) is 9.52. The van der Waals surface area contributed by atoms with Crippen LogP contribution in [0.25, 0.3) is 10.1 Å². The molecule has 3 saturated heterocycles. The van der Waals surface area contributed by atoms with Crippen LogP contribution in [0.15, 0.2) is 18.2 Å². The summed E-state index contributed by atoms with van der Waals surface area (Å²) in [4.78, 5) is 15.7. The number of hydrogen-bond donors (Lipinski definition) is 1. The molecule has 3 fully saturated rings. The van der Waals surface area contributed by atoms with Crippen LogP contribution in [-0.4, -0.2) is 48.9 Å². The molecule has 0 aliphatic carbocycles. The Labute approximate surface area is 170 Å². The van der Waals surface area contributed by atoms with Gasteiger partial charge in [0.2, 0.25) is 0 Å². The van der Waals surface area contributed by atoms with E-state index in [4.69, 9.17) is 4.74 Å². The molecule has 3 aliphatic heterocycles. The number of nitrogens with one attached hydrogen (secondary N) is 1. The number of thiophene rings is 1. The molecule has 2 aromatic rings. The molecule has 4 heterocycles. The highest BCUT2D eigenvalue weighted by molar-refractivity contribution is 7.21. The maximum absolute atomic E-state index is 13.0. The zero-order valence-electron chi connectivity index (χ0n) is 16.4. The fraction of sp³-hybridized carbons (Fsp3) is 0.550. The van der Waals surface area contributed by atoms with E-state index >= 15 is 0 Å². The van der Waals surface area contributed by atoms with Crippen LogP contribution < -0.4 is 14.8 Å². The third-order valence-electron chi connectivity index (χ3n) is 6.14. The topological polar surface area (TPSA) is 50.8 Å². The van der Waals surface area contributed by atoms with E-state index in [9.17, 15) is 18.0 Å². The normalized spacial score (nSPS) is 25.8. The summed E-state index contributed by atoms with van der Waals surface area (Å²) >= 11 is 0.980. The molecule has 158 valence electrons. The van der Waals surface area contributed by atoms with Crippen LogP contribution >= 0.6 is 11.3 Å². The van der Waals surface area contributed by atoms with Crippen molar-refractivity contribution >= 4 is 27.3 Å². The standard InChI is InChI=1S/C20H23F3N2O3S/c1-19(2)17(11-6-8-25(19)9-7-11)24-18(26)14-10-12-4-5-13(27-3)15(16(12)29-14)28-20(21,22)23/h4-5,10-11,17H,6-9H2,1-3H3,(H,24,26). The maximum atomic E-state index is 13.0. The van der Waals surface area contributed by atoms with Crippen molar-refractivity contribution in [2.45, 2.75) is 44.6 Å². The van der Waals surface area contributed by atoms with Gasteiger partial charge < -0.3 is 14.8 Å². The summed E-state index contributed by atoms with van der Waals surface area (Å²) in [5.74, 6) is -0.292. The van der Waals surface area contributed by atoms with Gasteiger partial charge in [0.05, 0.1) is 16.7 Å². The van der Waals surface area contributed by atoms with Gasteiger partial charge >= 0.3 is 6.36 Å². The van der Waals surface area contributed by atoms with Gasteiger partial charge in [-0.1, -0.05) is 0 Å². The number of halogens is 3. The van der Waals surface area contributed by atoms with E-state index in [1.54, 1.807) is 12.1 Å². The number of rotatable bonds is 4.